The summed E-state index contributed by atoms with van der Waals surface area (Å²) in [5.74, 6) is -0.881. The Labute approximate surface area is 465 Å². The van der Waals surface area contributed by atoms with Gasteiger partial charge in [0.1, 0.15) is 13.2 Å². The van der Waals surface area contributed by atoms with Crippen molar-refractivity contribution in [2.45, 2.75) is 335 Å². The van der Waals surface area contributed by atoms with Gasteiger partial charge in [-0.25, -0.2) is 0 Å². The van der Waals surface area contributed by atoms with Crippen molar-refractivity contribution >= 4 is 17.9 Å². The molecular formula is C69H122O6. The van der Waals surface area contributed by atoms with Crippen molar-refractivity contribution in [2.75, 3.05) is 13.2 Å². The fourth-order valence-electron chi connectivity index (χ4n) is 9.35. The lowest BCUT2D eigenvalue weighted by atomic mass is 10.0. The molecule has 0 radical (unpaired) electrons. The second kappa shape index (κ2) is 63.4. The summed E-state index contributed by atoms with van der Waals surface area (Å²) in [7, 11) is 0. The fourth-order valence-corrected chi connectivity index (χ4v) is 9.35. The van der Waals surface area contributed by atoms with Gasteiger partial charge in [0.25, 0.3) is 0 Å². The summed E-state index contributed by atoms with van der Waals surface area (Å²) in [5.41, 5.74) is 0. The van der Waals surface area contributed by atoms with Gasteiger partial charge in [0.05, 0.1) is 0 Å². The Morgan fingerprint density at radius 1 is 0.280 bits per heavy atom. The second-order valence-electron chi connectivity index (χ2n) is 21.6. The van der Waals surface area contributed by atoms with Gasteiger partial charge in [-0.15, -0.1) is 0 Å². The number of ether oxygens (including phenoxy) is 3. The Morgan fingerprint density at radius 3 is 0.827 bits per heavy atom. The van der Waals surface area contributed by atoms with Crippen LogP contribution in [-0.2, 0) is 28.6 Å². The standard InChI is InChI=1S/C69H122O6/c1-4-7-10-13-16-19-22-25-28-30-32-34-35-36-38-39-41-44-47-50-53-56-59-62-68(71)74-65-66(64-73-67(70)61-58-55-52-49-46-43-27-24-21-18-15-12-9-6-3)75-69(72)63-60-57-54-51-48-45-42-40-37-33-31-29-26-23-20-17-14-11-8-5-2/h7,10,16,19,24-25,27-28,32,34,36,38,66H,4-6,8-9,11-15,17-18,20-23,26,29-31,33,35,37,39-65H2,1-3H3/b10-7-,19-16-,27-24-,28-25-,34-32-,38-36-. The summed E-state index contributed by atoms with van der Waals surface area (Å²) in [6.45, 7) is 6.55. The highest BCUT2D eigenvalue weighted by Crippen LogP contribution is 2.17. The minimum absolute atomic E-state index is 0.0802. The molecule has 0 aromatic carbocycles. The molecule has 6 heteroatoms. The molecule has 0 amide bonds. The summed E-state index contributed by atoms with van der Waals surface area (Å²) in [4.78, 5) is 38.3. The minimum atomic E-state index is -0.783. The van der Waals surface area contributed by atoms with E-state index in [-0.39, 0.29) is 31.1 Å². The lowest BCUT2D eigenvalue weighted by Gasteiger charge is -2.18. The van der Waals surface area contributed by atoms with E-state index in [9.17, 15) is 14.4 Å². The Morgan fingerprint density at radius 2 is 0.520 bits per heavy atom. The first-order chi connectivity index (χ1) is 37.0. The van der Waals surface area contributed by atoms with E-state index in [2.05, 4.69) is 93.7 Å². The van der Waals surface area contributed by atoms with Crippen LogP contribution in [0.25, 0.3) is 0 Å². The predicted octanol–water partition coefficient (Wildman–Crippen LogP) is 22.1. The van der Waals surface area contributed by atoms with Crippen molar-refractivity contribution in [1.82, 2.24) is 0 Å². The lowest BCUT2D eigenvalue weighted by Crippen LogP contribution is -2.30. The average molecular weight is 1050 g/mol. The molecule has 1 atom stereocenters. The highest BCUT2D eigenvalue weighted by atomic mass is 16.6. The Balaban J connectivity index is 4.35. The van der Waals surface area contributed by atoms with Crippen LogP contribution < -0.4 is 0 Å². The highest BCUT2D eigenvalue weighted by molar-refractivity contribution is 5.71. The molecule has 0 N–H and O–H groups in total. The van der Waals surface area contributed by atoms with Crippen LogP contribution in [-0.4, -0.2) is 37.2 Å². The number of carbonyl (C=O) groups excluding carboxylic acids is 3. The maximum absolute atomic E-state index is 12.9. The smallest absolute Gasteiger partial charge is 0.306 e. The third-order valence-corrected chi connectivity index (χ3v) is 14.2. The van der Waals surface area contributed by atoms with Crippen LogP contribution >= 0.6 is 0 Å². The van der Waals surface area contributed by atoms with E-state index < -0.39 is 6.10 Å². The van der Waals surface area contributed by atoms with Gasteiger partial charge in [0.2, 0.25) is 0 Å². The van der Waals surface area contributed by atoms with Crippen LogP contribution in [0.2, 0.25) is 0 Å². The van der Waals surface area contributed by atoms with Gasteiger partial charge in [-0.05, 0) is 89.9 Å². The topological polar surface area (TPSA) is 78.9 Å². The van der Waals surface area contributed by atoms with Crippen LogP contribution in [0.1, 0.15) is 329 Å². The molecule has 0 aliphatic rings. The van der Waals surface area contributed by atoms with Crippen LogP contribution in [0.3, 0.4) is 0 Å². The largest absolute Gasteiger partial charge is 0.462 e. The Kier molecular flexibility index (Phi) is 60.7. The first kappa shape index (κ1) is 71.8. The molecule has 0 saturated heterocycles. The van der Waals surface area contributed by atoms with Crippen molar-refractivity contribution in [2.24, 2.45) is 0 Å². The molecule has 434 valence electrons. The van der Waals surface area contributed by atoms with E-state index in [1.165, 1.54) is 186 Å². The molecule has 0 bridgehead atoms. The van der Waals surface area contributed by atoms with E-state index in [0.29, 0.717) is 19.3 Å². The first-order valence-electron chi connectivity index (χ1n) is 32.4. The van der Waals surface area contributed by atoms with Crippen molar-refractivity contribution in [3.63, 3.8) is 0 Å². The zero-order valence-corrected chi connectivity index (χ0v) is 49.8. The summed E-state index contributed by atoms with van der Waals surface area (Å²) in [6, 6.07) is 0. The molecular weight excluding hydrogens is 925 g/mol. The van der Waals surface area contributed by atoms with Crippen molar-refractivity contribution in [3.8, 4) is 0 Å². The molecule has 0 saturated carbocycles. The van der Waals surface area contributed by atoms with E-state index in [1.807, 2.05) is 0 Å². The average Bonchev–Trinajstić information content (AvgIpc) is 3.41. The Bertz CT molecular complexity index is 1390. The zero-order valence-electron chi connectivity index (χ0n) is 49.8. The maximum atomic E-state index is 12.9. The maximum Gasteiger partial charge on any atom is 0.306 e. The third-order valence-electron chi connectivity index (χ3n) is 14.2. The minimum Gasteiger partial charge on any atom is -0.462 e. The predicted molar refractivity (Wildman–Crippen MR) is 325 cm³/mol. The number of esters is 3. The number of unbranched alkanes of at least 4 members (excludes halogenated alkanes) is 36. The van der Waals surface area contributed by atoms with Gasteiger partial charge in [0, 0.05) is 19.3 Å². The van der Waals surface area contributed by atoms with Crippen molar-refractivity contribution in [3.05, 3.63) is 72.9 Å². The van der Waals surface area contributed by atoms with Crippen LogP contribution in [0.15, 0.2) is 72.9 Å². The van der Waals surface area contributed by atoms with E-state index in [0.717, 1.165) is 103 Å². The Hall–Kier alpha value is -3.15. The molecule has 0 aromatic heterocycles. The molecule has 75 heavy (non-hydrogen) atoms. The van der Waals surface area contributed by atoms with Gasteiger partial charge >= 0.3 is 17.9 Å². The normalized spacial score (nSPS) is 12.5. The summed E-state index contributed by atoms with van der Waals surface area (Å²) < 4.78 is 16.9. The van der Waals surface area contributed by atoms with Gasteiger partial charge in [-0.2, -0.15) is 0 Å². The second-order valence-corrected chi connectivity index (χ2v) is 21.6. The molecule has 0 spiro atoms. The van der Waals surface area contributed by atoms with Crippen LogP contribution in [0.4, 0.5) is 0 Å². The quantitative estimate of drug-likeness (QED) is 0.0261. The van der Waals surface area contributed by atoms with Gasteiger partial charge in [0.15, 0.2) is 6.10 Å². The number of rotatable bonds is 59. The molecule has 6 nitrogen and oxygen atoms in total. The number of hydrogen-bond donors (Lipinski definition) is 0. The SMILES string of the molecule is CC/C=C\C/C=C\C/C=C\C/C=C\C/C=C\CCCCCCCCCC(=O)OCC(COC(=O)CCCCCCC/C=C\CCCCCCC)OC(=O)CCCCCCCCCCCCCCCCCCCCCC. The van der Waals surface area contributed by atoms with E-state index >= 15 is 0 Å². The third kappa shape index (κ3) is 61.6. The summed E-state index contributed by atoms with van der Waals surface area (Å²) >= 11 is 0. The van der Waals surface area contributed by atoms with Crippen LogP contribution in [0, 0.1) is 0 Å². The zero-order chi connectivity index (χ0) is 54.3. The van der Waals surface area contributed by atoms with Gasteiger partial charge in [-0.1, -0.05) is 293 Å². The molecule has 1 unspecified atom stereocenters. The van der Waals surface area contributed by atoms with Crippen LogP contribution in [0.5, 0.6) is 0 Å². The van der Waals surface area contributed by atoms with Crippen molar-refractivity contribution in [1.29, 1.82) is 0 Å². The van der Waals surface area contributed by atoms with Gasteiger partial charge < -0.3 is 14.2 Å². The molecule has 0 heterocycles. The number of hydrogen-bond acceptors (Lipinski definition) is 6. The van der Waals surface area contributed by atoms with E-state index in [1.54, 1.807) is 0 Å². The number of allylic oxidation sites excluding steroid dienone is 12. The molecule has 0 aliphatic heterocycles. The molecule has 0 aromatic rings. The fraction of sp³-hybridized carbons (Fsp3) is 0.783. The summed E-state index contributed by atoms with van der Waals surface area (Å²) in [6.07, 6.45) is 81.9. The van der Waals surface area contributed by atoms with E-state index in [4.69, 9.17) is 14.2 Å². The highest BCUT2D eigenvalue weighted by Gasteiger charge is 2.19. The van der Waals surface area contributed by atoms with Gasteiger partial charge in [-0.3, -0.25) is 14.4 Å². The molecule has 0 rings (SSSR count). The summed E-state index contributed by atoms with van der Waals surface area (Å²) in [5, 5.41) is 0. The number of carbonyl (C=O) groups is 3. The first-order valence-corrected chi connectivity index (χ1v) is 32.4. The monoisotopic (exact) mass is 1050 g/mol. The van der Waals surface area contributed by atoms with Crippen molar-refractivity contribution < 1.29 is 28.6 Å². The molecule has 0 aliphatic carbocycles. The molecule has 0 fully saturated rings. The lowest BCUT2D eigenvalue weighted by molar-refractivity contribution is -0.167.